The van der Waals surface area contributed by atoms with Crippen LogP contribution in [-0.2, 0) is 0 Å². The van der Waals surface area contributed by atoms with Crippen molar-refractivity contribution >= 4 is 23.1 Å². The number of non-ortho nitro benzene ring substituents is 1. The zero-order valence-corrected chi connectivity index (χ0v) is 17.9. The zero-order chi connectivity index (χ0) is 24.5. The Morgan fingerprint density at radius 1 is 1.20 bits per heavy atom. The first-order chi connectivity index (χ1) is 16.9. The summed E-state index contributed by atoms with van der Waals surface area (Å²) >= 11 is 0. The van der Waals surface area contributed by atoms with E-state index in [9.17, 15) is 14.9 Å². The third kappa shape index (κ3) is 3.97. The molecule has 15 nitrogen and oxygen atoms in total. The summed E-state index contributed by atoms with van der Waals surface area (Å²) in [5.41, 5.74) is 9.31. The number of anilines is 1. The average Bonchev–Trinajstić information content (AvgIpc) is 3.60. The van der Waals surface area contributed by atoms with E-state index in [2.05, 4.69) is 35.8 Å². The lowest BCUT2D eigenvalue weighted by molar-refractivity contribution is -0.384. The summed E-state index contributed by atoms with van der Waals surface area (Å²) < 4.78 is 16.4. The second-order valence-corrected chi connectivity index (χ2v) is 7.19. The molecular formula is C20H15N9O6. The molecule has 1 amide bonds. The van der Waals surface area contributed by atoms with Gasteiger partial charge in [0.15, 0.2) is 17.2 Å². The number of carbonyl (C=O) groups excluding carboxylic acids is 1. The number of amides is 1. The highest BCUT2D eigenvalue weighted by Crippen LogP contribution is 2.33. The van der Waals surface area contributed by atoms with Gasteiger partial charge in [0.25, 0.3) is 11.6 Å². The van der Waals surface area contributed by atoms with Crippen LogP contribution in [0.25, 0.3) is 17.1 Å². The lowest BCUT2D eigenvalue weighted by Crippen LogP contribution is -2.21. The van der Waals surface area contributed by atoms with Crippen molar-refractivity contribution in [1.82, 2.24) is 30.7 Å². The van der Waals surface area contributed by atoms with Gasteiger partial charge in [0.1, 0.15) is 5.69 Å². The van der Waals surface area contributed by atoms with Crippen LogP contribution in [0.4, 0.5) is 11.5 Å². The second-order valence-electron chi connectivity index (χ2n) is 7.19. The van der Waals surface area contributed by atoms with Gasteiger partial charge in [0.05, 0.1) is 10.6 Å². The van der Waals surface area contributed by atoms with E-state index < -0.39 is 10.8 Å². The van der Waals surface area contributed by atoms with E-state index in [0.29, 0.717) is 22.8 Å². The van der Waals surface area contributed by atoms with E-state index in [4.69, 9.17) is 15.2 Å². The van der Waals surface area contributed by atoms with Gasteiger partial charge in [-0.3, -0.25) is 14.9 Å². The molecule has 0 atom stereocenters. The normalized spacial score (nSPS) is 12.5. The molecule has 3 N–H and O–H groups in total. The number of rotatable bonds is 6. The van der Waals surface area contributed by atoms with Crippen LogP contribution in [0.3, 0.4) is 0 Å². The first kappa shape index (κ1) is 21.5. The molecule has 176 valence electrons. The maximum atomic E-state index is 13.0. The summed E-state index contributed by atoms with van der Waals surface area (Å²) in [5.74, 6) is 0.291. The van der Waals surface area contributed by atoms with Crippen LogP contribution in [0.2, 0.25) is 0 Å². The molecule has 15 heteroatoms. The minimum atomic E-state index is -0.729. The Morgan fingerprint density at radius 2 is 2.03 bits per heavy atom. The Bertz CT molecular complexity index is 1490. The fourth-order valence-electron chi connectivity index (χ4n) is 3.32. The highest BCUT2D eigenvalue weighted by molar-refractivity contribution is 6.02. The molecule has 0 radical (unpaired) electrons. The molecule has 0 bridgehead atoms. The molecule has 0 saturated heterocycles. The molecule has 2 aromatic carbocycles. The summed E-state index contributed by atoms with van der Waals surface area (Å²) in [4.78, 5) is 23.8. The molecule has 2 aromatic heterocycles. The number of nitrogens with two attached hydrogens (primary N) is 1. The largest absolute Gasteiger partial charge is 0.454 e. The average molecular weight is 477 g/mol. The monoisotopic (exact) mass is 477 g/mol. The van der Waals surface area contributed by atoms with Crippen LogP contribution in [0, 0.1) is 10.1 Å². The molecule has 0 spiro atoms. The summed E-state index contributed by atoms with van der Waals surface area (Å²) in [5, 5.41) is 30.4. The van der Waals surface area contributed by atoms with E-state index in [0.717, 1.165) is 4.68 Å². The number of hydrogen-bond acceptors (Lipinski definition) is 12. The lowest BCUT2D eigenvalue weighted by atomic mass is 10.1. The zero-order valence-electron chi connectivity index (χ0n) is 17.9. The van der Waals surface area contributed by atoms with Crippen molar-refractivity contribution in [1.29, 1.82) is 0 Å². The third-order valence-corrected chi connectivity index (χ3v) is 5.03. The van der Waals surface area contributed by atoms with Crippen molar-refractivity contribution in [3.8, 4) is 28.6 Å². The maximum Gasteiger partial charge on any atom is 0.294 e. The van der Waals surface area contributed by atoms with Gasteiger partial charge in [-0.05, 0) is 35.4 Å². The number of hydrazone groups is 1. The van der Waals surface area contributed by atoms with Gasteiger partial charge >= 0.3 is 0 Å². The first-order valence-corrected chi connectivity index (χ1v) is 9.96. The third-order valence-electron chi connectivity index (χ3n) is 5.03. The number of carbonyl (C=O) groups is 1. The Balaban J connectivity index is 1.51. The van der Waals surface area contributed by atoms with Crippen LogP contribution in [0.15, 0.2) is 52.2 Å². The molecule has 0 fully saturated rings. The minimum absolute atomic E-state index is 0.0434. The van der Waals surface area contributed by atoms with Crippen molar-refractivity contribution < 1.29 is 23.8 Å². The summed E-state index contributed by atoms with van der Waals surface area (Å²) in [6, 6.07) is 10.8. The predicted octanol–water partition coefficient (Wildman–Crippen LogP) is 1.69. The topological polar surface area (TPSA) is 199 Å². The van der Waals surface area contributed by atoms with Crippen LogP contribution in [0.5, 0.6) is 11.5 Å². The van der Waals surface area contributed by atoms with Crippen molar-refractivity contribution in [2.24, 2.45) is 5.10 Å². The number of nitro benzene ring substituents is 1. The molecule has 0 saturated carbocycles. The highest BCUT2D eigenvalue weighted by Gasteiger charge is 2.26. The second kappa shape index (κ2) is 8.54. The Morgan fingerprint density at radius 3 is 2.80 bits per heavy atom. The molecule has 5 rings (SSSR count). The smallest absolute Gasteiger partial charge is 0.294 e. The fourth-order valence-corrected chi connectivity index (χ4v) is 3.32. The van der Waals surface area contributed by atoms with Crippen LogP contribution < -0.4 is 20.6 Å². The van der Waals surface area contributed by atoms with Gasteiger partial charge in [-0.2, -0.15) is 9.78 Å². The van der Waals surface area contributed by atoms with E-state index >= 15 is 0 Å². The van der Waals surface area contributed by atoms with Crippen molar-refractivity contribution in [2.75, 3.05) is 12.5 Å². The Kier molecular flexibility index (Phi) is 5.25. The number of ether oxygens (including phenoxy) is 2. The van der Waals surface area contributed by atoms with E-state index in [-0.39, 0.29) is 41.1 Å². The van der Waals surface area contributed by atoms with Gasteiger partial charge in [-0.15, -0.1) is 5.10 Å². The molecule has 4 aromatic rings. The predicted molar refractivity (Wildman–Crippen MR) is 118 cm³/mol. The van der Waals surface area contributed by atoms with Crippen LogP contribution in [-0.4, -0.2) is 48.6 Å². The van der Waals surface area contributed by atoms with Gasteiger partial charge < -0.3 is 15.2 Å². The number of nitrogens with zero attached hydrogens (tertiary/aromatic N) is 7. The molecule has 3 heterocycles. The van der Waals surface area contributed by atoms with Crippen molar-refractivity contribution in [3.63, 3.8) is 0 Å². The van der Waals surface area contributed by atoms with Gasteiger partial charge in [-0.25, -0.2) is 10.1 Å². The van der Waals surface area contributed by atoms with E-state index in [1.165, 1.54) is 18.2 Å². The molecule has 0 unspecified atom stereocenters. The van der Waals surface area contributed by atoms with Gasteiger partial charge in [0, 0.05) is 23.3 Å². The minimum Gasteiger partial charge on any atom is -0.454 e. The number of hydrogen-bond donors (Lipinski definition) is 2. The van der Waals surface area contributed by atoms with E-state index in [1.54, 1.807) is 31.2 Å². The molecular weight excluding hydrogens is 462 g/mol. The van der Waals surface area contributed by atoms with Crippen LogP contribution in [0.1, 0.15) is 23.0 Å². The fraction of sp³-hybridized carbons (Fsp3) is 0.100. The summed E-state index contributed by atoms with van der Waals surface area (Å²) in [6.45, 7) is 1.82. The van der Waals surface area contributed by atoms with E-state index in [1.807, 2.05) is 0 Å². The molecule has 0 aliphatic carbocycles. The van der Waals surface area contributed by atoms with Crippen molar-refractivity contribution in [3.05, 3.63) is 63.8 Å². The molecule has 1 aliphatic heterocycles. The first-order valence-electron chi connectivity index (χ1n) is 9.96. The SMILES string of the molecule is C/C(=N\NC(=O)c1nnn(-c2nonc2N)c1-c1cccc([N+](=O)[O-])c1)c1ccc2c(c1)OCO2. The number of nitrogens with one attached hydrogen (secondary N) is 1. The van der Waals surface area contributed by atoms with Crippen molar-refractivity contribution in [2.45, 2.75) is 6.92 Å². The number of fused-ring (bicyclic) bond motifs is 1. The Hall–Kier alpha value is -5.34. The molecule has 1 aliphatic rings. The number of nitrogen functional groups attached to an aromatic ring is 1. The lowest BCUT2D eigenvalue weighted by Gasteiger charge is -2.06. The number of nitro groups is 1. The molecule has 35 heavy (non-hydrogen) atoms. The quantitative estimate of drug-likeness (QED) is 0.233. The van der Waals surface area contributed by atoms with Gasteiger partial charge in [-0.1, -0.05) is 17.3 Å². The standard InChI is InChI=1S/C20H15N9O6/c1-10(11-5-6-14-15(8-11)34-9-33-14)22-24-20(30)16-17(12-3-2-4-13(7-12)29(31)32)28(27-23-16)19-18(21)25-35-26-19/h2-8H,9H2,1H3,(H2,21,25)(H,24,30)/b22-10+. The van der Waals surface area contributed by atoms with Gasteiger partial charge in [0.2, 0.25) is 18.4 Å². The maximum absolute atomic E-state index is 13.0. The highest BCUT2D eigenvalue weighted by atomic mass is 16.7. The summed E-state index contributed by atoms with van der Waals surface area (Å²) in [7, 11) is 0. The van der Waals surface area contributed by atoms with Crippen LogP contribution >= 0.6 is 0 Å². The Labute approximate surface area is 195 Å². The number of benzene rings is 2. The number of aromatic nitrogens is 5. The summed E-state index contributed by atoms with van der Waals surface area (Å²) in [6.07, 6.45) is 0.